The molecule has 0 atom stereocenters. The van der Waals surface area contributed by atoms with Gasteiger partial charge in [-0.15, -0.1) is 0 Å². The Kier molecular flexibility index (Phi) is 6.69. The third-order valence-corrected chi connectivity index (χ3v) is 4.07. The fraction of sp³-hybridized carbons (Fsp3) is 0.588. The summed E-state index contributed by atoms with van der Waals surface area (Å²) in [6.07, 6.45) is 1.54. The summed E-state index contributed by atoms with van der Waals surface area (Å²) in [5, 5.41) is 12.9. The van der Waals surface area contributed by atoms with Gasteiger partial charge in [-0.25, -0.2) is 0 Å². The summed E-state index contributed by atoms with van der Waals surface area (Å²) in [5.41, 5.74) is 1.47. The molecule has 1 rings (SSSR count). The molecule has 4 heteroatoms. The van der Waals surface area contributed by atoms with Crippen LogP contribution in [-0.2, 0) is 4.79 Å². The smallest absolute Gasteiger partial charge is 0.223 e. The van der Waals surface area contributed by atoms with Gasteiger partial charge in [0.2, 0.25) is 5.91 Å². The minimum atomic E-state index is -0.802. The van der Waals surface area contributed by atoms with Gasteiger partial charge in [0.15, 0.2) is 0 Å². The van der Waals surface area contributed by atoms with Crippen LogP contribution in [0.25, 0.3) is 0 Å². The van der Waals surface area contributed by atoms with Crippen molar-refractivity contribution < 1.29 is 14.6 Å². The molecule has 0 fully saturated rings. The molecule has 0 spiro atoms. The number of carbonyl (C=O) groups excluding carboxylic acids is 1. The number of ether oxygens (including phenoxy) is 1. The fourth-order valence-corrected chi connectivity index (χ4v) is 1.99. The van der Waals surface area contributed by atoms with E-state index >= 15 is 0 Å². The summed E-state index contributed by atoms with van der Waals surface area (Å²) in [6.45, 7) is 8.51. The fourth-order valence-electron chi connectivity index (χ4n) is 1.99. The maximum Gasteiger partial charge on any atom is 0.223 e. The number of rotatable bonds is 8. The Morgan fingerprint density at radius 2 is 1.95 bits per heavy atom. The van der Waals surface area contributed by atoms with Crippen molar-refractivity contribution in [1.29, 1.82) is 0 Å². The lowest BCUT2D eigenvalue weighted by Gasteiger charge is -2.25. The van der Waals surface area contributed by atoms with E-state index in [9.17, 15) is 9.90 Å². The Balaban J connectivity index is 2.36. The predicted octanol–water partition coefficient (Wildman–Crippen LogP) is 2.74. The van der Waals surface area contributed by atoms with Crippen LogP contribution in [-0.4, -0.2) is 29.8 Å². The van der Waals surface area contributed by atoms with E-state index in [-0.39, 0.29) is 12.3 Å². The molecule has 21 heavy (non-hydrogen) atoms. The van der Waals surface area contributed by atoms with Gasteiger partial charge in [0.25, 0.3) is 0 Å². The minimum Gasteiger partial charge on any atom is -0.493 e. The van der Waals surface area contributed by atoms with E-state index in [4.69, 9.17) is 4.74 Å². The van der Waals surface area contributed by atoms with Crippen molar-refractivity contribution in [1.82, 2.24) is 5.32 Å². The van der Waals surface area contributed by atoms with Crippen LogP contribution in [0.3, 0.4) is 0 Å². The molecule has 0 aromatic heterocycles. The van der Waals surface area contributed by atoms with Crippen LogP contribution in [0.15, 0.2) is 18.2 Å². The van der Waals surface area contributed by atoms with E-state index in [0.717, 1.165) is 11.3 Å². The molecule has 0 saturated heterocycles. The highest BCUT2D eigenvalue weighted by molar-refractivity contribution is 5.76. The van der Waals surface area contributed by atoms with Crippen molar-refractivity contribution in [2.45, 2.75) is 52.6 Å². The van der Waals surface area contributed by atoms with Crippen LogP contribution < -0.4 is 10.1 Å². The third kappa shape index (κ3) is 5.38. The first-order valence-electron chi connectivity index (χ1n) is 7.60. The number of hydrogen-bond acceptors (Lipinski definition) is 3. The quantitative estimate of drug-likeness (QED) is 0.775. The second-order valence-electron chi connectivity index (χ2n) is 5.50. The van der Waals surface area contributed by atoms with Gasteiger partial charge in [-0.3, -0.25) is 4.79 Å². The lowest BCUT2D eigenvalue weighted by Crippen LogP contribution is -2.42. The molecular weight excluding hydrogens is 266 g/mol. The molecule has 0 aliphatic heterocycles. The molecule has 0 aliphatic rings. The Labute approximate surface area is 127 Å². The molecule has 1 amide bonds. The number of carbonyl (C=O) groups is 1. The van der Waals surface area contributed by atoms with E-state index in [2.05, 4.69) is 5.32 Å². The Morgan fingerprint density at radius 3 is 2.57 bits per heavy atom. The van der Waals surface area contributed by atoms with Gasteiger partial charge in [-0.1, -0.05) is 26.0 Å². The van der Waals surface area contributed by atoms with Crippen LogP contribution in [0.4, 0.5) is 0 Å². The van der Waals surface area contributed by atoms with Crippen molar-refractivity contribution in [2.24, 2.45) is 0 Å². The normalized spacial score (nSPS) is 11.3. The highest BCUT2D eigenvalue weighted by Gasteiger charge is 2.22. The largest absolute Gasteiger partial charge is 0.493 e. The zero-order valence-corrected chi connectivity index (χ0v) is 13.5. The van der Waals surface area contributed by atoms with Gasteiger partial charge < -0.3 is 15.2 Å². The van der Waals surface area contributed by atoms with E-state index < -0.39 is 5.60 Å². The zero-order valence-electron chi connectivity index (χ0n) is 13.5. The molecule has 0 aliphatic carbocycles. The molecule has 4 nitrogen and oxygen atoms in total. The molecule has 0 heterocycles. The van der Waals surface area contributed by atoms with Crippen molar-refractivity contribution in [3.8, 4) is 5.75 Å². The second kappa shape index (κ2) is 8.03. The highest BCUT2D eigenvalue weighted by Crippen LogP contribution is 2.20. The monoisotopic (exact) mass is 293 g/mol. The SMILES string of the molecule is CCC(O)(CC)CNC(=O)CCOc1cccc(C)c1C. The van der Waals surface area contributed by atoms with Gasteiger partial charge in [-0.05, 0) is 43.9 Å². The van der Waals surface area contributed by atoms with Gasteiger partial charge in [0.05, 0.1) is 18.6 Å². The van der Waals surface area contributed by atoms with Crippen LogP contribution in [0.5, 0.6) is 5.75 Å². The standard InChI is InChI=1S/C17H27NO3/c1-5-17(20,6-2)12-18-16(19)10-11-21-15-9-7-8-13(3)14(15)4/h7-9,20H,5-6,10-12H2,1-4H3,(H,18,19). The Morgan fingerprint density at radius 1 is 1.29 bits per heavy atom. The number of amides is 1. The summed E-state index contributed by atoms with van der Waals surface area (Å²) in [4.78, 5) is 11.8. The number of benzene rings is 1. The molecule has 0 bridgehead atoms. The lowest BCUT2D eigenvalue weighted by molar-refractivity contribution is -0.122. The van der Waals surface area contributed by atoms with Crippen molar-refractivity contribution in [3.05, 3.63) is 29.3 Å². The molecule has 0 unspecified atom stereocenters. The van der Waals surface area contributed by atoms with Crippen molar-refractivity contribution in [3.63, 3.8) is 0 Å². The highest BCUT2D eigenvalue weighted by atomic mass is 16.5. The first-order chi connectivity index (χ1) is 9.91. The molecule has 118 valence electrons. The zero-order chi connectivity index (χ0) is 15.9. The maximum absolute atomic E-state index is 11.8. The van der Waals surface area contributed by atoms with Gasteiger partial charge in [0, 0.05) is 6.54 Å². The minimum absolute atomic E-state index is 0.0966. The van der Waals surface area contributed by atoms with E-state index in [0.29, 0.717) is 26.0 Å². The van der Waals surface area contributed by atoms with Crippen LogP contribution in [0.2, 0.25) is 0 Å². The number of aryl methyl sites for hydroxylation is 1. The Hall–Kier alpha value is -1.55. The maximum atomic E-state index is 11.8. The first kappa shape index (κ1) is 17.5. The molecule has 1 aromatic carbocycles. The van der Waals surface area contributed by atoms with Crippen LogP contribution in [0, 0.1) is 13.8 Å². The second-order valence-corrected chi connectivity index (χ2v) is 5.50. The van der Waals surface area contributed by atoms with E-state index in [1.807, 2.05) is 45.9 Å². The summed E-state index contributed by atoms with van der Waals surface area (Å²) in [7, 11) is 0. The van der Waals surface area contributed by atoms with Crippen molar-refractivity contribution >= 4 is 5.91 Å². The molecule has 2 N–H and O–H groups in total. The molecule has 0 radical (unpaired) electrons. The summed E-state index contributed by atoms with van der Waals surface area (Å²) in [5.74, 6) is 0.724. The average Bonchev–Trinajstić information content (AvgIpc) is 2.49. The van der Waals surface area contributed by atoms with Crippen LogP contribution in [0.1, 0.15) is 44.2 Å². The predicted molar refractivity (Wildman–Crippen MR) is 84.6 cm³/mol. The summed E-state index contributed by atoms with van der Waals surface area (Å²) < 4.78 is 5.65. The topological polar surface area (TPSA) is 58.6 Å². The molecule has 1 aromatic rings. The third-order valence-electron chi connectivity index (χ3n) is 4.07. The van der Waals surface area contributed by atoms with Gasteiger partial charge in [-0.2, -0.15) is 0 Å². The van der Waals surface area contributed by atoms with Gasteiger partial charge in [0.1, 0.15) is 5.75 Å². The van der Waals surface area contributed by atoms with Gasteiger partial charge >= 0.3 is 0 Å². The Bertz CT molecular complexity index is 467. The number of hydrogen-bond donors (Lipinski definition) is 2. The lowest BCUT2D eigenvalue weighted by atomic mass is 9.97. The summed E-state index contributed by atoms with van der Waals surface area (Å²) in [6, 6.07) is 5.89. The average molecular weight is 293 g/mol. The molecular formula is C17H27NO3. The van der Waals surface area contributed by atoms with E-state index in [1.165, 1.54) is 5.56 Å². The molecule has 0 saturated carbocycles. The number of aliphatic hydroxyl groups is 1. The number of nitrogens with one attached hydrogen (secondary N) is 1. The summed E-state index contributed by atoms with van der Waals surface area (Å²) >= 11 is 0. The van der Waals surface area contributed by atoms with Crippen LogP contribution >= 0.6 is 0 Å². The van der Waals surface area contributed by atoms with Crippen molar-refractivity contribution in [2.75, 3.05) is 13.2 Å². The van der Waals surface area contributed by atoms with E-state index in [1.54, 1.807) is 0 Å². The first-order valence-corrected chi connectivity index (χ1v) is 7.60.